The molecule has 1 N–H and O–H groups in total. The number of hydrogen-bond acceptors (Lipinski definition) is 6. The molecule has 0 radical (unpaired) electrons. The van der Waals surface area contributed by atoms with Gasteiger partial charge in [0.2, 0.25) is 21.8 Å². The van der Waals surface area contributed by atoms with Crippen LogP contribution in [-0.2, 0) is 37.4 Å². The standard InChI is InChI=1S/C31H37N3O6S/c1-39-27-17-15-25(16-18-27)22-34(29(35)23-33(41(2,37)38)21-24-10-5-3-6-11-24)30(26-12-7-4-8-13-26)31(36)32-20-28-14-9-19-40-28/h3-8,10-13,15-18,28,30H,9,14,19-23H2,1-2H3,(H,32,36)/t28-,30-/m1/s1. The summed E-state index contributed by atoms with van der Waals surface area (Å²) in [4.78, 5) is 29.3. The van der Waals surface area contributed by atoms with Crippen molar-refractivity contribution in [2.24, 2.45) is 0 Å². The minimum Gasteiger partial charge on any atom is -0.497 e. The van der Waals surface area contributed by atoms with Gasteiger partial charge in [-0.15, -0.1) is 0 Å². The summed E-state index contributed by atoms with van der Waals surface area (Å²) < 4.78 is 37.7. The third-order valence-corrected chi connectivity index (χ3v) is 8.21. The average molecular weight is 580 g/mol. The van der Waals surface area contributed by atoms with E-state index < -0.39 is 28.5 Å². The molecule has 3 aromatic carbocycles. The van der Waals surface area contributed by atoms with Crippen molar-refractivity contribution in [3.05, 3.63) is 102 Å². The molecule has 0 aliphatic carbocycles. The molecule has 9 nitrogen and oxygen atoms in total. The van der Waals surface area contributed by atoms with Crippen LogP contribution in [0.4, 0.5) is 0 Å². The summed E-state index contributed by atoms with van der Waals surface area (Å²) in [5.41, 5.74) is 2.13. The number of amides is 2. The van der Waals surface area contributed by atoms with E-state index in [4.69, 9.17) is 9.47 Å². The van der Waals surface area contributed by atoms with Crippen LogP contribution in [0.15, 0.2) is 84.9 Å². The lowest BCUT2D eigenvalue weighted by atomic mass is 10.0. The van der Waals surface area contributed by atoms with Crippen molar-refractivity contribution >= 4 is 21.8 Å². The fourth-order valence-electron chi connectivity index (χ4n) is 4.79. The van der Waals surface area contributed by atoms with Gasteiger partial charge in [-0.2, -0.15) is 4.31 Å². The number of hydrogen-bond donors (Lipinski definition) is 1. The summed E-state index contributed by atoms with van der Waals surface area (Å²) in [6, 6.07) is 24.4. The van der Waals surface area contributed by atoms with Gasteiger partial charge in [0, 0.05) is 26.2 Å². The lowest BCUT2D eigenvalue weighted by Gasteiger charge is -2.33. The Morgan fingerprint density at radius 3 is 2.17 bits per heavy atom. The molecule has 10 heteroatoms. The zero-order valence-corrected chi connectivity index (χ0v) is 24.3. The maximum Gasteiger partial charge on any atom is 0.247 e. The Balaban J connectivity index is 1.67. The summed E-state index contributed by atoms with van der Waals surface area (Å²) in [5.74, 6) is -0.197. The maximum absolute atomic E-state index is 14.1. The topological polar surface area (TPSA) is 105 Å². The molecule has 0 saturated carbocycles. The first-order chi connectivity index (χ1) is 19.7. The van der Waals surface area contributed by atoms with Gasteiger partial charge in [-0.3, -0.25) is 9.59 Å². The monoisotopic (exact) mass is 579 g/mol. The summed E-state index contributed by atoms with van der Waals surface area (Å²) in [7, 11) is -2.18. The second kappa shape index (κ2) is 14.2. The molecule has 1 saturated heterocycles. The highest BCUT2D eigenvalue weighted by atomic mass is 32.2. The van der Waals surface area contributed by atoms with Gasteiger partial charge < -0.3 is 19.7 Å². The van der Waals surface area contributed by atoms with Crippen LogP contribution in [0.3, 0.4) is 0 Å². The molecule has 41 heavy (non-hydrogen) atoms. The first-order valence-electron chi connectivity index (χ1n) is 13.6. The van der Waals surface area contributed by atoms with Gasteiger partial charge in [0.1, 0.15) is 11.8 Å². The fraction of sp³-hybridized carbons (Fsp3) is 0.355. The largest absolute Gasteiger partial charge is 0.497 e. The second-order valence-electron chi connectivity index (χ2n) is 10.1. The van der Waals surface area contributed by atoms with E-state index >= 15 is 0 Å². The van der Waals surface area contributed by atoms with Crippen LogP contribution in [0.1, 0.15) is 35.6 Å². The van der Waals surface area contributed by atoms with Gasteiger partial charge >= 0.3 is 0 Å². The molecule has 0 aromatic heterocycles. The normalized spacial score (nSPS) is 15.8. The van der Waals surface area contributed by atoms with Crippen molar-refractivity contribution in [3.63, 3.8) is 0 Å². The molecule has 1 fully saturated rings. The molecule has 0 unspecified atom stereocenters. The van der Waals surface area contributed by atoms with E-state index in [0.29, 0.717) is 24.5 Å². The molecular weight excluding hydrogens is 542 g/mol. The lowest BCUT2D eigenvalue weighted by molar-refractivity contribution is -0.142. The molecule has 1 heterocycles. The van der Waals surface area contributed by atoms with E-state index in [-0.39, 0.29) is 25.1 Å². The summed E-state index contributed by atoms with van der Waals surface area (Å²) in [6.07, 6.45) is 2.80. The molecule has 0 bridgehead atoms. The van der Waals surface area contributed by atoms with E-state index in [1.165, 1.54) is 4.90 Å². The highest BCUT2D eigenvalue weighted by molar-refractivity contribution is 7.88. The van der Waals surface area contributed by atoms with Gasteiger partial charge in [0.15, 0.2) is 0 Å². The van der Waals surface area contributed by atoms with Crippen LogP contribution in [0.2, 0.25) is 0 Å². The molecule has 1 aliphatic heterocycles. The van der Waals surface area contributed by atoms with Crippen molar-refractivity contribution in [2.45, 2.75) is 38.1 Å². The van der Waals surface area contributed by atoms with Gasteiger partial charge in [0.05, 0.1) is 26.0 Å². The van der Waals surface area contributed by atoms with Crippen molar-refractivity contribution in [1.29, 1.82) is 0 Å². The van der Waals surface area contributed by atoms with Crippen LogP contribution in [0.25, 0.3) is 0 Å². The highest BCUT2D eigenvalue weighted by Gasteiger charge is 2.34. The zero-order valence-electron chi connectivity index (χ0n) is 23.4. The van der Waals surface area contributed by atoms with Crippen LogP contribution in [0, 0.1) is 0 Å². The predicted octanol–water partition coefficient (Wildman–Crippen LogP) is 3.52. The Morgan fingerprint density at radius 2 is 1.59 bits per heavy atom. The quantitative estimate of drug-likeness (QED) is 0.332. The smallest absolute Gasteiger partial charge is 0.247 e. The number of ether oxygens (including phenoxy) is 2. The van der Waals surface area contributed by atoms with Crippen molar-refractivity contribution in [2.75, 3.05) is 33.1 Å². The third kappa shape index (κ3) is 8.63. The molecule has 2 amide bonds. The molecule has 1 aliphatic rings. The minimum absolute atomic E-state index is 0.0308. The number of rotatable bonds is 13. The van der Waals surface area contributed by atoms with Gasteiger partial charge in [-0.25, -0.2) is 8.42 Å². The second-order valence-corrected chi connectivity index (χ2v) is 12.1. The first kappa shape index (κ1) is 30.2. The number of benzene rings is 3. The number of methoxy groups -OCH3 is 1. The van der Waals surface area contributed by atoms with E-state index in [0.717, 1.165) is 34.5 Å². The van der Waals surface area contributed by atoms with Crippen molar-refractivity contribution < 1.29 is 27.5 Å². The molecule has 218 valence electrons. The number of nitrogens with one attached hydrogen (secondary N) is 1. The van der Waals surface area contributed by atoms with Crippen molar-refractivity contribution in [3.8, 4) is 5.75 Å². The summed E-state index contributed by atoms with van der Waals surface area (Å²) in [6.45, 7) is 0.678. The van der Waals surface area contributed by atoms with Gasteiger partial charge in [0.25, 0.3) is 0 Å². The molecule has 3 aromatic rings. The number of carbonyl (C=O) groups excluding carboxylic acids is 2. The van der Waals surface area contributed by atoms with Crippen LogP contribution < -0.4 is 10.1 Å². The van der Waals surface area contributed by atoms with E-state index in [1.807, 2.05) is 60.7 Å². The van der Waals surface area contributed by atoms with E-state index in [9.17, 15) is 18.0 Å². The minimum atomic E-state index is -3.75. The van der Waals surface area contributed by atoms with E-state index in [2.05, 4.69) is 5.32 Å². The number of nitrogens with zero attached hydrogens (tertiary/aromatic N) is 2. The van der Waals surface area contributed by atoms with Crippen LogP contribution in [-0.4, -0.2) is 68.6 Å². The lowest BCUT2D eigenvalue weighted by Crippen LogP contribution is -2.48. The SMILES string of the molecule is COc1ccc(CN(C(=O)CN(Cc2ccccc2)S(C)(=O)=O)[C@@H](C(=O)NC[C@H]2CCCO2)c2ccccc2)cc1. The zero-order chi connectivity index (χ0) is 29.2. The third-order valence-electron chi connectivity index (χ3n) is 7.02. The average Bonchev–Trinajstić information content (AvgIpc) is 3.50. The van der Waals surface area contributed by atoms with Gasteiger partial charge in [-0.1, -0.05) is 72.8 Å². The highest BCUT2D eigenvalue weighted by Crippen LogP contribution is 2.26. The molecule has 2 atom stereocenters. The predicted molar refractivity (Wildman–Crippen MR) is 156 cm³/mol. The fourth-order valence-corrected chi connectivity index (χ4v) is 5.52. The first-order valence-corrected chi connectivity index (χ1v) is 15.4. The maximum atomic E-state index is 14.1. The van der Waals surface area contributed by atoms with Crippen LogP contribution >= 0.6 is 0 Å². The Bertz CT molecular complexity index is 1380. The molecular formula is C31H37N3O6S. The summed E-state index contributed by atoms with van der Waals surface area (Å²) in [5, 5.41) is 2.98. The van der Waals surface area contributed by atoms with Crippen molar-refractivity contribution in [1.82, 2.24) is 14.5 Å². The summed E-state index contributed by atoms with van der Waals surface area (Å²) >= 11 is 0. The number of sulfonamides is 1. The Labute approximate surface area is 242 Å². The molecule has 0 spiro atoms. The molecule has 4 rings (SSSR count). The number of carbonyl (C=O) groups is 2. The Morgan fingerprint density at radius 1 is 0.951 bits per heavy atom. The Kier molecular flexibility index (Phi) is 10.5. The Hall–Kier alpha value is -3.73. The van der Waals surface area contributed by atoms with E-state index in [1.54, 1.807) is 31.4 Å². The van der Waals surface area contributed by atoms with Crippen LogP contribution in [0.5, 0.6) is 5.75 Å². The van der Waals surface area contributed by atoms with Gasteiger partial charge in [-0.05, 0) is 41.7 Å².